The summed E-state index contributed by atoms with van der Waals surface area (Å²) < 4.78 is 1.82. The van der Waals surface area contributed by atoms with Gasteiger partial charge in [0.25, 0.3) is 0 Å². The van der Waals surface area contributed by atoms with Gasteiger partial charge in [0, 0.05) is 6.20 Å². The quantitative estimate of drug-likeness (QED) is 0.824. The Balaban J connectivity index is 2.01. The lowest BCUT2D eigenvalue weighted by atomic mass is 10.2. The molecule has 0 aliphatic heterocycles. The first-order chi connectivity index (χ1) is 9.20. The Morgan fingerprint density at radius 2 is 2.11 bits per heavy atom. The van der Waals surface area contributed by atoms with Crippen LogP contribution in [0.1, 0.15) is 18.9 Å². The second kappa shape index (κ2) is 6.94. The molecule has 0 radical (unpaired) electrons. The van der Waals surface area contributed by atoms with E-state index in [1.807, 2.05) is 29.2 Å². The van der Waals surface area contributed by atoms with E-state index < -0.39 is 0 Å². The van der Waals surface area contributed by atoms with Gasteiger partial charge in [-0.3, -0.25) is 0 Å². The van der Waals surface area contributed by atoms with Crippen LogP contribution in [0, 0.1) is 0 Å². The zero-order chi connectivity index (χ0) is 13.7. The van der Waals surface area contributed by atoms with Gasteiger partial charge in [-0.15, -0.1) is 0 Å². The average molecular weight is 298 g/mol. The van der Waals surface area contributed by atoms with Crippen molar-refractivity contribution in [3.8, 4) is 5.69 Å². The summed E-state index contributed by atoms with van der Waals surface area (Å²) in [5.74, 6) is 0. The lowest BCUT2D eigenvalue weighted by Crippen LogP contribution is -2.14. The predicted octanol–water partition coefficient (Wildman–Crippen LogP) is 3.72. The molecule has 0 spiro atoms. The van der Waals surface area contributed by atoms with Gasteiger partial charge in [-0.2, -0.15) is 5.10 Å². The van der Waals surface area contributed by atoms with Crippen molar-refractivity contribution in [3.05, 3.63) is 46.2 Å². The third-order valence-electron chi connectivity index (χ3n) is 2.87. The lowest BCUT2D eigenvalue weighted by Gasteiger charge is -2.03. The van der Waals surface area contributed by atoms with Crippen molar-refractivity contribution in [2.45, 2.75) is 19.8 Å². The molecule has 0 saturated heterocycles. The third kappa shape index (κ3) is 3.96. The van der Waals surface area contributed by atoms with Crippen LogP contribution in [-0.2, 0) is 6.42 Å². The molecule has 0 fully saturated rings. The van der Waals surface area contributed by atoms with Crippen LogP contribution < -0.4 is 5.32 Å². The van der Waals surface area contributed by atoms with Gasteiger partial charge >= 0.3 is 0 Å². The third-order valence-corrected chi connectivity index (χ3v) is 3.61. The fraction of sp³-hybridized carbons (Fsp3) is 0.357. The maximum Gasteiger partial charge on any atom is 0.0661 e. The van der Waals surface area contributed by atoms with Crippen molar-refractivity contribution in [2.24, 2.45) is 0 Å². The number of hydrogen-bond donors (Lipinski definition) is 1. The average Bonchev–Trinajstić information content (AvgIpc) is 2.87. The van der Waals surface area contributed by atoms with E-state index in [0.29, 0.717) is 10.0 Å². The molecule has 0 atom stereocenters. The van der Waals surface area contributed by atoms with E-state index in [4.69, 9.17) is 23.2 Å². The Hall–Kier alpha value is -1.03. The Morgan fingerprint density at radius 3 is 2.84 bits per heavy atom. The number of hydrogen-bond acceptors (Lipinski definition) is 2. The molecule has 5 heteroatoms. The Morgan fingerprint density at radius 1 is 1.26 bits per heavy atom. The highest BCUT2D eigenvalue weighted by Crippen LogP contribution is 2.24. The summed E-state index contributed by atoms with van der Waals surface area (Å²) in [4.78, 5) is 0. The van der Waals surface area contributed by atoms with Crippen molar-refractivity contribution in [1.29, 1.82) is 0 Å². The summed E-state index contributed by atoms with van der Waals surface area (Å²) in [6.07, 6.45) is 6.06. The molecule has 0 saturated carbocycles. The van der Waals surface area contributed by atoms with Gasteiger partial charge in [0.15, 0.2) is 0 Å². The molecular weight excluding hydrogens is 281 g/mol. The van der Waals surface area contributed by atoms with Crippen LogP contribution in [0.4, 0.5) is 0 Å². The smallest absolute Gasteiger partial charge is 0.0661 e. The van der Waals surface area contributed by atoms with Gasteiger partial charge in [0.1, 0.15) is 0 Å². The van der Waals surface area contributed by atoms with Crippen LogP contribution in [0.15, 0.2) is 30.6 Å². The van der Waals surface area contributed by atoms with Gasteiger partial charge in [-0.25, -0.2) is 4.68 Å². The molecular formula is C14H17Cl2N3. The first kappa shape index (κ1) is 14.4. The molecule has 0 aliphatic rings. The summed E-state index contributed by atoms with van der Waals surface area (Å²) in [5.41, 5.74) is 2.15. The van der Waals surface area contributed by atoms with E-state index in [1.165, 1.54) is 5.56 Å². The van der Waals surface area contributed by atoms with Crippen LogP contribution in [-0.4, -0.2) is 22.9 Å². The standard InChI is InChI=1S/C14H17Cl2N3/c1-2-17-7-3-4-11-9-18-19(10-11)12-5-6-13(15)14(16)8-12/h5-6,8-10,17H,2-4,7H2,1H3. The highest BCUT2D eigenvalue weighted by atomic mass is 35.5. The van der Waals surface area contributed by atoms with E-state index in [-0.39, 0.29) is 0 Å². The number of rotatable bonds is 6. The molecule has 0 bridgehead atoms. The van der Waals surface area contributed by atoms with Crippen LogP contribution in [0.2, 0.25) is 10.0 Å². The van der Waals surface area contributed by atoms with Gasteiger partial charge in [-0.05, 0) is 49.7 Å². The zero-order valence-corrected chi connectivity index (χ0v) is 12.4. The van der Waals surface area contributed by atoms with Gasteiger partial charge in [0.05, 0.1) is 21.9 Å². The second-order valence-electron chi connectivity index (χ2n) is 4.35. The minimum absolute atomic E-state index is 0.545. The molecule has 1 N–H and O–H groups in total. The first-order valence-corrected chi connectivity index (χ1v) is 7.16. The van der Waals surface area contributed by atoms with Crippen LogP contribution in [0.5, 0.6) is 0 Å². The Labute approximate surface area is 123 Å². The minimum Gasteiger partial charge on any atom is -0.317 e. The van der Waals surface area contributed by atoms with Gasteiger partial charge in [0.2, 0.25) is 0 Å². The van der Waals surface area contributed by atoms with Crippen LogP contribution in [0.3, 0.4) is 0 Å². The van der Waals surface area contributed by atoms with E-state index in [1.54, 1.807) is 6.07 Å². The monoisotopic (exact) mass is 297 g/mol. The van der Waals surface area contributed by atoms with Gasteiger partial charge < -0.3 is 5.32 Å². The molecule has 2 aromatic rings. The SMILES string of the molecule is CCNCCCc1cnn(-c2ccc(Cl)c(Cl)c2)c1. The highest BCUT2D eigenvalue weighted by molar-refractivity contribution is 6.42. The Kier molecular flexibility index (Phi) is 5.25. The largest absolute Gasteiger partial charge is 0.317 e. The predicted molar refractivity (Wildman–Crippen MR) is 80.4 cm³/mol. The van der Waals surface area contributed by atoms with Crippen molar-refractivity contribution in [1.82, 2.24) is 15.1 Å². The molecule has 19 heavy (non-hydrogen) atoms. The van der Waals surface area contributed by atoms with E-state index in [2.05, 4.69) is 17.3 Å². The van der Waals surface area contributed by atoms with Crippen molar-refractivity contribution in [3.63, 3.8) is 0 Å². The number of benzene rings is 1. The molecule has 1 aromatic heterocycles. The number of aromatic nitrogens is 2. The Bertz CT molecular complexity index is 537. The molecule has 1 aromatic carbocycles. The van der Waals surface area contributed by atoms with Crippen molar-refractivity contribution >= 4 is 23.2 Å². The number of halogens is 2. The summed E-state index contributed by atoms with van der Waals surface area (Å²) in [6.45, 7) is 4.17. The first-order valence-electron chi connectivity index (χ1n) is 6.40. The molecule has 3 nitrogen and oxygen atoms in total. The second-order valence-corrected chi connectivity index (χ2v) is 5.16. The zero-order valence-electron chi connectivity index (χ0n) is 10.9. The van der Waals surface area contributed by atoms with E-state index in [0.717, 1.165) is 31.6 Å². The number of aryl methyl sites for hydroxylation is 1. The highest BCUT2D eigenvalue weighted by Gasteiger charge is 2.04. The molecule has 0 unspecified atom stereocenters. The van der Waals surface area contributed by atoms with E-state index >= 15 is 0 Å². The van der Waals surface area contributed by atoms with E-state index in [9.17, 15) is 0 Å². The fourth-order valence-corrected chi connectivity index (χ4v) is 2.14. The summed E-state index contributed by atoms with van der Waals surface area (Å²) in [6, 6.07) is 5.51. The minimum atomic E-state index is 0.545. The van der Waals surface area contributed by atoms with Crippen LogP contribution >= 0.6 is 23.2 Å². The summed E-state index contributed by atoms with van der Waals surface area (Å²) in [7, 11) is 0. The summed E-state index contributed by atoms with van der Waals surface area (Å²) >= 11 is 11.9. The number of nitrogens with zero attached hydrogens (tertiary/aromatic N) is 2. The van der Waals surface area contributed by atoms with Crippen LogP contribution in [0.25, 0.3) is 5.69 Å². The maximum atomic E-state index is 6.01. The maximum absolute atomic E-state index is 6.01. The molecule has 0 amide bonds. The number of nitrogens with one attached hydrogen (secondary N) is 1. The molecule has 0 aliphatic carbocycles. The fourth-order valence-electron chi connectivity index (χ4n) is 1.85. The molecule has 1 heterocycles. The summed E-state index contributed by atoms with van der Waals surface area (Å²) in [5, 5.41) is 8.77. The molecule has 2 rings (SSSR count). The molecule has 102 valence electrons. The van der Waals surface area contributed by atoms with Crippen molar-refractivity contribution in [2.75, 3.05) is 13.1 Å². The normalized spacial score (nSPS) is 10.9. The topological polar surface area (TPSA) is 29.9 Å². The lowest BCUT2D eigenvalue weighted by molar-refractivity contribution is 0.672. The van der Waals surface area contributed by atoms with Gasteiger partial charge in [-0.1, -0.05) is 30.1 Å². The van der Waals surface area contributed by atoms with Crippen molar-refractivity contribution < 1.29 is 0 Å².